The van der Waals surface area contributed by atoms with Gasteiger partial charge in [-0.15, -0.1) is 0 Å². The number of pyridine rings is 1. The molecular formula is C7H8BrN3O. The Labute approximate surface area is 78.0 Å². The molecule has 12 heavy (non-hydrogen) atoms. The van der Waals surface area contributed by atoms with Gasteiger partial charge >= 0.3 is 0 Å². The third-order valence-electron chi connectivity index (χ3n) is 1.28. The highest BCUT2D eigenvalue weighted by atomic mass is 79.9. The Hall–Kier alpha value is -1.10. The quantitative estimate of drug-likeness (QED) is 0.587. The molecular weight excluding hydrogens is 222 g/mol. The second-order valence-electron chi connectivity index (χ2n) is 2.03. The molecule has 0 radical (unpaired) electrons. The van der Waals surface area contributed by atoms with Crippen molar-refractivity contribution in [1.29, 1.82) is 0 Å². The number of carbonyl (C=O) groups excluding carboxylic acids is 1. The molecule has 1 N–H and O–H groups in total. The van der Waals surface area contributed by atoms with Gasteiger partial charge in [-0.1, -0.05) is 0 Å². The van der Waals surface area contributed by atoms with Crippen LogP contribution in [0.2, 0.25) is 0 Å². The molecule has 64 valence electrons. The SMILES string of the molecule is CN/N=c1/c(Br)cccn1C=O. The first-order valence-electron chi connectivity index (χ1n) is 3.32. The van der Waals surface area contributed by atoms with Crippen molar-refractivity contribution in [3.8, 4) is 0 Å². The topological polar surface area (TPSA) is 46.4 Å². The third kappa shape index (κ3) is 1.73. The summed E-state index contributed by atoms with van der Waals surface area (Å²) in [6.07, 6.45) is 2.33. The zero-order valence-electron chi connectivity index (χ0n) is 6.49. The van der Waals surface area contributed by atoms with Crippen molar-refractivity contribution in [3.05, 3.63) is 28.3 Å². The molecule has 0 bridgehead atoms. The predicted molar refractivity (Wildman–Crippen MR) is 48.9 cm³/mol. The monoisotopic (exact) mass is 229 g/mol. The Kier molecular flexibility index (Phi) is 3.04. The van der Waals surface area contributed by atoms with Crippen molar-refractivity contribution < 1.29 is 4.79 Å². The Morgan fingerprint density at radius 3 is 3.08 bits per heavy atom. The van der Waals surface area contributed by atoms with Gasteiger partial charge in [-0.05, 0) is 28.1 Å². The molecule has 1 aromatic heterocycles. The molecule has 0 aliphatic carbocycles. The van der Waals surface area contributed by atoms with Gasteiger partial charge in [-0.3, -0.25) is 9.36 Å². The normalized spacial score (nSPS) is 11.3. The van der Waals surface area contributed by atoms with E-state index in [4.69, 9.17) is 0 Å². The van der Waals surface area contributed by atoms with E-state index in [1.807, 2.05) is 6.07 Å². The lowest BCUT2D eigenvalue weighted by atomic mass is 10.5. The zero-order chi connectivity index (χ0) is 8.97. The first-order chi connectivity index (χ1) is 5.79. The van der Waals surface area contributed by atoms with Crippen LogP contribution in [0.25, 0.3) is 0 Å². The molecule has 1 heterocycles. The fourth-order valence-corrected chi connectivity index (χ4v) is 1.24. The summed E-state index contributed by atoms with van der Waals surface area (Å²) >= 11 is 3.28. The molecule has 0 unspecified atom stereocenters. The standard InChI is InChI=1S/C7H8BrN3O/c1-9-10-7-6(8)3-2-4-11(7)5-12/h2-5,9H,1H3/b10-7-. The Bertz CT molecular complexity index is 345. The number of nitrogens with zero attached hydrogens (tertiary/aromatic N) is 2. The van der Waals surface area contributed by atoms with Gasteiger partial charge in [0.05, 0.1) is 4.47 Å². The number of hydrogen-bond acceptors (Lipinski definition) is 3. The Morgan fingerprint density at radius 2 is 2.50 bits per heavy atom. The molecule has 0 aliphatic heterocycles. The summed E-state index contributed by atoms with van der Waals surface area (Å²) in [5, 5.41) is 3.91. The smallest absolute Gasteiger partial charge is 0.219 e. The number of aromatic nitrogens is 1. The first kappa shape index (κ1) is 8.99. The number of hydrogen-bond donors (Lipinski definition) is 1. The van der Waals surface area contributed by atoms with Gasteiger partial charge in [0.1, 0.15) is 0 Å². The van der Waals surface area contributed by atoms with E-state index in [1.54, 1.807) is 19.3 Å². The minimum Gasteiger partial charge on any atom is -0.311 e. The second kappa shape index (κ2) is 4.06. The van der Waals surface area contributed by atoms with E-state index in [9.17, 15) is 4.79 Å². The van der Waals surface area contributed by atoms with Crippen LogP contribution in [0, 0.1) is 0 Å². The maximum absolute atomic E-state index is 10.5. The fourth-order valence-electron chi connectivity index (χ4n) is 0.791. The summed E-state index contributed by atoms with van der Waals surface area (Å²) in [4.78, 5) is 10.5. The summed E-state index contributed by atoms with van der Waals surface area (Å²) in [7, 11) is 1.68. The van der Waals surface area contributed by atoms with Gasteiger partial charge < -0.3 is 5.43 Å². The molecule has 0 saturated heterocycles. The zero-order valence-corrected chi connectivity index (χ0v) is 8.08. The van der Waals surface area contributed by atoms with Crippen LogP contribution in [0.15, 0.2) is 27.9 Å². The van der Waals surface area contributed by atoms with E-state index >= 15 is 0 Å². The van der Waals surface area contributed by atoms with Crippen LogP contribution in [0.3, 0.4) is 0 Å². The van der Waals surface area contributed by atoms with Crippen molar-refractivity contribution in [3.63, 3.8) is 0 Å². The van der Waals surface area contributed by atoms with Gasteiger partial charge in [0.2, 0.25) is 6.41 Å². The van der Waals surface area contributed by atoms with Gasteiger partial charge in [-0.2, -0.15) is 5.10 Å². The number of carbonyl (C=O) groups is 1. The van der Waals surface area contributed by atoms with E-state index in [1.165, 1.54) is 4.57 Å². The van der Waals surface area contributed by atoms with Crippen LogP contribution in [0.5, 0.6) is 0 Å². The van der Waals surface area contributed by atoms with Crippen LogP contribution >= 0.6 is 15.9 Å². The summed E-state index contributed by atoms with van der Waals surface area (Å²) in [6.45, 7) is 0. The summed E-state index contributed by atoms with van der Waals surface area (Å²) in [5.74, 6) is 0. The number of rotatable bonds is 2. The van der Waals surface area contributed by atoms with Gasteiger partial charge in [-0.25, -0.2) is 0 Å². The summed E-state index contributed by atoms with van der Waals surface area (Å²) in [5.41, 5.74) is 3.17. The largest absolute Gasteiger partial charge is 0.311 e. The molecule has 0 saturated carbocycles. The van der Waals surface area contributed by atoms with Gasteiger partial charge in [0.25, 0.3) is 0 Å². The Balaban J connectivity index is 3.39. The van der Waals surface area contributed by atoms with E-state index in [0.717, 1.165) is 4.47 Å². The van der Waals surface area contributed by atoms with Crippen LogP contribution in [0.4, 0.5) is 0 Å². The van der Waals surface area contributed by atoms with Crippen LogP contribution < -0.4 is 10.9 Å². The molecule has 0 amide bonds. The molecule has 1 rings (SSSR count). The molecule has 4 nitrogen and oxygen atoms in total. The lowest BCUT2D eigenvalue weighted by Crippen LogP contribution is -2.23. The minimum atomic E-state index is 0.551. The third-order valence-corrected chi connectivity index (χ3v) is 1.90. The molecule has 0 fully saturated rings. The van der Waals surface area contributed by atoms with Gasteiger partial charge in [0.15, 0.2) is 5.49 Å². The lowest BCUT2D eigenvalue weighted by molar-refractivity contribution is 0.543. The van der Waals surface area contributed by atoms with Crippen molar-refractivity contribution in [2.75, 3.05) is 7.05 Å². The number of halogens is 1. The van der Waals surface area contributed by atoms with E-state index in [-0.39, 0.29) is 0 Å². The highest BCUT2D eigenvalue weighted by Gasteiger charge is 1.94. The van der Waals surface area contributed by atoms with Crippen molar-refractivity contribution in [2.45, 2.75) is 0 Å². The first-order valence-corrected chi connectivity index (χ1v) is 4.11. The molecule has 0 aromatic carbocycles. The molecule has 0 aliphatic rings. The second-order valence-corrected chi connectivity index (χ2v) is 2.88. The summed E-state index contributed by atoms with van der Waals surface area (Å²) in [6, 6.07) is 3.57. The average molecular weight is 230 g/mol. The molecule has 5 heteroatoms. The predicted octanol–water partition coefficient (Wildman–Crippen LogP) is 0.324. The highest BCUT2D eigenvalue weighted by molar-refractivity contribution is 9.10. The lowest BCUT2D eigenvalue weighted by Gasteiger charge is -1.98. The summed E-state index contributed by atoms with van der Waals surface area (Å²) < 4.78 is 2.15. The van der Waals surface area contributed by atoms with Crippen LogP contribution in [-0.2, 0) is 4.79 Å². The van der Waals surface area contributed by atoms with Gasteiger partial charge in [0, 0.05) is 13.2 Å². The van der Waals surface area contributed by atoms with Crippen LogP contribution in [0.1, 0.15) is 0 Å². The molecule has 0 spiro atoms. The minimum absolute atomic E-state index is 0.551. The van der Waals surface area contributed by atoms with Crippen molar-refractivity contribution in [2.24, 2.45) is 5.10 Å². The number of nitrogens with one attached hydrogen (secondary N) is 1. The molecule has 1 aromatic rings. The molecule has 0 atom stereocenters. The average Bonchev–Trinajstić information content (AvgIpc) is 2.09. The fraction of sp³-hybridized carbons (Fsp3) is 0.143. The maximum atomic E-state index is 10.5. The Morgan fingerprint density at radius 1 is 1.75 bits per heavy atom. The van der Waals surface area contributed by atoms with Crippen LogP contribution in [-0.4, -0.2) is 18.0 Å². The van der Waals surface area contributed by atoms with E-state index < -0.39 is 0 Å². The van der Waals surface area contributed by atoms with E-state index in [0.29, 0.717) is 11.9 Å². The van der Waals surface area contributed by atoms with Crippen molar-refractivity contribution >= 4 is 22.3 Å². The van der Waals surface area contributed by atoms with E-state index in [2.05, 4.69) is 26.5 Å². The highest BCUT2D eigenvalue weighted by Crippen LogP contribution is 1.99. The maximum Gasteiger partial charge on any atom is 0.219 e. The van der Waals surface area contributed by atoms with Crippen molar-refractivity contribution in [1.82, 2.24) is 9.99 Å².